The summed E-state index contributed by atoms with van der Waals surface area (Å²) < 4.78 is 3.51. The number of fused-ring (bicyclic) bond motifs is 1. The Hall–Kier alpha value is -3.21. The number of rotatable bonds is 2. The summed E-state index contributed by atoms with van der Waals surface area (Å²) in [6.45, 7) is 8.19. The Balaban J connectivity index is 2.04. The monoisotopic (exact) mass is 344 g/mol. The predicted octanol–water partition coefficient (Wildman–Crippen LogP) is 3.81. The van der Waals surface area contributed by atoms with Crippen LogP contribution in [0.3, 0.4) is 0 Å². The van der Waals surface area contributed by atoms with Crippen LogP contribution in [0.5, 0.6) is 0 Å². The number of nitrogens with zero attached hydrogens (tertiary/aromatic N) is 4. The molecule has 0 aliphatic rings. The fraction of sp³-hybridized carbons (Fsp3) is 0.190. The molecule has 26 heavy (non-hydrogen) atoms. The highest BCUT2D eigenvalue weighted by molar-refractivity contribution is 5.88. The molecule has 0 amide bonds. The SMILES string of the molecule is Cc1ccc(-n2c(C)c3cnn(-c4ccccn4)c(=O)c3c2C)c(C)c1. The summed E-state index contributed by atoms with van der Waals surface area (Å²) in [5.41, 5.74) is 5.27. The van der Waals surface area contributed by atoms with Crippen LogP contribution in [0, 0.1) is 27.7 Å². The standard InChI is InChI=1S/C21H20N4O/c1-13-8-9-18(14(2)11-13)24-15(3)17-12-23-25(19-7-5-6-10-22-19)21(26)20(17)16(24)4/h5-12H,1-4H3. The van der Waals surface area contributed by atoms with E-state index in [0.717, 1.165) is 22.5 Å². The maximum Gasteiger partial charge on any atom is 0.282 e. The Morgan fingerprint density at radius 2 is 1.77 bits per heavy atom. The van der Waals surface area contributed by atoms with Crippen molar-refractivity contribution in [3.05, 3.63) is 81.7 Å². The summed E-state index contributed by atoms with van der Waals surface area (Å²) in [7, 11) is 0. The topological polar surface area (TPSA) is 52.7 Å². The van der Waals surface area contributed by atoms with E-state index in [9.17, 15) is 4.79 Å². The highest BCUT2D eigenvalue weighted by atomic mass is 16.1. The van der Waals surface area contributed by atoms with Gasteiger partial charge in [0.1, 0.15) is 0 Å². The maximum absolute atomic E-state index is 13.1. The third kappa shape index (κ3) is 2.36. The van der Waals surface area contributed by atoms with Crippen molar-refractivity contribution in [1.29, 1.82) is 0 Å². The zero-order valence-corrected chi connectivity index (χ0v) is 15.3. The van der Waals surface area contributed by atoms with Crippen LogP contribution >= 0.6 is 0 Å². The molecule has 4 rings (SSSR count). The van der Waals surface area contributed by atoms with Gasteiger partial charge in [-0.1, -0.05) is 23.8 Å². The molecule has 3 aromatic heterocycles. The van der Waals surface area contributed by atoms with E-state index < -0.39 is 0 Å². The average molecular weight is 344 g/mol. The fourth-order valence-electron chi connectivity index (χ4n) is 3.62. The highest BCUT2D eigenvalue weighted by Crippen LogP contribution is 2.28. The summed E-state index contributed by atoms with van der Waals surface area (Å²) in [5.74, 6) is 0.524. The van der Waals surface area contributed by atoms with Gasteiger partial charge in [0.25, 0.3) is 5.56 Å². The predicted molar refractivity (Wildman–Crippen MR) is 103 cm³/mol. The quantitative estimate of drug-likeness (QED) is 0.556. The molecular weight excluding hydrogens is 324 g/mol. The van der Waals surface area contributed by atoms with E-state index in [2.05, 4.69) is 46.7 Å². The van der Waals surface area contributed by atoms with E-state index >= 15 is 0 Å². The molecule has 0 fully saturated rings. The highest BCUT2D eigenvalue weighted by Gasteiger charge is 2.18. The minimum atomic E-state index is -0.148. The third-order valence-corrected chi connectivity index (χ3v) is 4.86. The van der Waals surface area contributed by atoms with Crippen molar-refractivity contribution in [3.8, 4) is 11.5 Å². The van der Waals surface area contributed by atoms with E-state index in [0.29, 0.717) is 11.2 Å². The van der Waals surface area contributed by atoms with Gasteiger partial charge in [-0.3, -0.25) is 4.79 Å². The van der Waals surface area contributed by atoms with Crippen molar-refractivity contribution in [1.82, 2.24) is 19.3 Å². The molecule has 0 aliphatic heterocycles. The molecule has 0 unspecified atom stereocenters. The van der Waals surface area contributed by atoms with E-state index in [1.807, 2.05) is 26.0 Å². The molecule has 0 saturated carbocycles. The first-order valence-corrected chi connectivity index (χ1v) is 8.58. The summed E-state index contributed by atoms with van der Waals surface area (Å²) in [6, 6.07) is 11.8. The van der Waals surface area contributed by atoms with E-state index in [1.165, 1.54) is 15.8 Å². The number of hydrogen-bond acceptors (Lipinski definition) is 3. The molecule has 4 aromatic rings. The second-order valence-electron chi connectivity index (χ2n) is 6.63. The Labute approximate surface area is 151 Å². The van der Waals surface area contributed by atoms with Gasteiger partial charge in [-0.25, -0.2) is 4.98 Å². The van der Waals surface area contributed by atoms with Crippen LogP contribution in [0.2, 0.25) is 0 Å². The summed E-state index contributed by atoms with van der Waals surface area (Å²) >= 11 is 0. The first kappa shape index (κ1) is 16.3. The minimum absolute atomic E-state index is 0.148. The molecule has 0 saturated heterocycles. The number of aryl methyl sites for hydroxylation is 4. The first-order chi connectivity index (χ1) is 12.5. The van der Waals surface area contributed by atoms with Gasteiger partial charge in [0.15, 0.2) is 5.82 Å². The number of benzene rings is 1. The molecule has 0 aliphatic carbocycles. The Morgan fingerprint density at radius 3 is 2.46 bits per heavy atom. The van der Waals surface area contributed by atoms with Crippen LogP contribution in [-0.2, 0) is 0 Å². The van der Waals surface area contributed by atoms with Crippen LogP contribution in [0.4, 0.5) is 0 Å². The van der Waals surface area contributed by atoms with E-state index in [-0.39, 0.29) is 5.56 Å². The van der Waals surface area contributed by atoms with E-state index in [1.54, 1.807) is 18.5 Å². The van der Waals surface area contributed by atoms with Gasteiger partial charge in [-0.2, -0.15) is 9.78 Å². The molecule has 1 aromatic carbocycles. The minimum Gasteiger partial charge on any atom is -0.317 e. The molecule has 130 valence electrons. The van der Waals surface area contributed by atoms with Crippen LogP contribution < -0.4 is 5.56 Å². The van der Waals surface area contributed by atoms with Gasteiger partial charge in [-0.05, 0) is 51.5 Å². The lowest BCUT2D eigenvalue weighted by atomic mass is 10.1. The van der Waals surface area contributed by atoms with Crippen molar-refractivity contribution in [2.75, 3.05) is 0 Å². The Bertz CT molecular complexity index is 1190. The molecular formula is C21H20N4O. The average Bonchev–Trinajstić information content (AvgIpc) is 2.88. The number of aromatic nitrogens is 4. The maximum atomic E-state index is 13.1. The number of hydrogen-bond donors (Lipinski definition) is 0. The summed E-state index contributed by atoms with van der Waals surface area (Å²) in [5, 5.41) is 5.91. The van der Waals surface area contributed by atoms with Crippen molar-refractivity contribution in [3.63, 3.8) is 0 Å². The second-order valence-corrected chi connectivity index (χ2v) is 6.63. The summed E-state index contributed by atoms with van der Waals surface area (Å²) in [6.07, 6.45) is 3.42. The molecule has 0 atom stereocenters. The molecule has 0 spiro atoms. The van der Waals surface area contributed by atoms with Gasteiger partial charge in [0, 0.05) is 28.7 Å². The zero-order chi connectivity index (χ0) is 18.4. The van der Waals surface area contributed by atoms with Crippen LogP contribution in [0.1, 0.15) is 22.5 Å². The van der Waals surface area contributed by atoms with Crippen molar-refractivity contribution < 1.29 is 0 Å². The van der Waals surface area contributed by atoms with Crippen molar-refractivity contribution in [2.24, 2.45) is 0 Å². The molecule has 5 heteroatoms. The zero-order valence-electron chi connectivity index (χ0n) is 15.3. The van der Waals surface area contributed by atoms with E-state index in [4.69, 9.17) is 0 Å². The van der Waals surface area contributed by atoms with Crippen LogP contribution in [0.25, 0.3) is 22.3 Å². The molecule has 0 radical (unpaired) electrons. The third-order valence-electron chi connectivity index (χ3n) is 4.86. The van der Waals surface area contributed by atoms with Gasteiger partial charge in [-0.15, -0.1) is 0 Å². The number of pyridine rings is 1. The van der Waals surface area contributed by atoms with Gasteiger partial charge in [0.05, 0.1) is 11.6 Å². The smallest absolute Gasteiger partial charge is 0.282 e. The van der Waals surface area contributed by atoms with Gasteiger partial charge >= 0.3 is 0 Å². The fourth-order valence-corrected chi connectivity index (χ4v) is 3.62. The van der Waals surface area contributed by atoms with Crippen molar-refractivity contribution in [2.45, 2.75) is 27.7 Å². The molecule has 3 heterocycles. The van der Waals surface area contributed by atoms with Gasteiger partial charge in [0.2, 0.25) is 0 Å². The second kappa shape index (κ2) is 5.95. The summed E-state index contributed by atoms with van der Waals surface area (Å²) in [4.78, 5) is 17.4. The molecule has 5 nitrogen and oxygen atoms in total. The molecule has 0 bridgehead atoms. The lowest BCUT2D eigenvalue weighted by molar-refractivity contribution is 0.794. The van der Waals surface area contributed by atoms with Gasteiger partial charge < -0.3 is 4.57 Å². The largest absolute Gasteiger partial charge is 0.317 e. The Morgan fingerprint density at radius 1 is 0.962 bits per heavy atom. The van der Waals surface area contributed by atoms with Crippen LogP contribution in [-0.4, -0.2) is 19.3 Å². The van der Waals surface area contributed by atoms with Crippen molar-refractivity contribution >= 4 is 10.8 Å². The Kier molecular flexibility index (Phi) is 3.72. The normalized spacial score (nSPS) is 11.2. The lowest BCUT2D eigenvalue weighted by Gasteiger charge is -2.13. The van der Waals surface area contributed by atoms with Crippen LogP contribution in [0.15, 0.2) is 53.6 Å². The lowest BCUT2D eigenvalue weighted by Crippen LogP contribution is -2.21. The first-order valence-electron chi connectivity index (χ1n) is 8.58. The molecule has 0 N–H and O–H groups in total.